The van der Waals surface area contributed by atoms with Gasteiger partial charge in [0.25, 0.3) is 0 Å². The van der Waals surface area contributed by atoms with Crippen molar-refractivity contribution in [3.63, 3.8) is 0 Å². The van der Waals surface area contributed by atoms with Gasteiger partial charge in [0, 0.05) is 12.6 Å². The van der Waals surface area contributed by atoms with Gasteiger partial charge in [-0.1, -0.05) is 17.7 Å². The molecule has 1 aliphatic carbocycles. The zero-order valence-electron chi connectivity index (χ0n) is 11.6. The molecule has 0 fully saturated rings. The molecule has 0 amide bonds. The average Bonchev–Trinajstić information content (AvgIpc) is 2.38. The first-order valence-electron chi connectivity index (χ1n) is 6.74. The molecule has 0 radical (unpaired) electrons. The van der Waals surface area contributed by atoms with Crippen LogP contribution < -0.4 is 10.1 Å². The second-order valence-corrected chi connectivity index (χ2v) is 5.20. The molecule has 98 valence electrons. The van der Waals surface area contributed by atoms with Gasteiger partial charge in [0.1, 0.15) is 5.75 Å². The Bertz CT molecular complexity index is 433. The van der Waals surface area contributed by atoms with Crippen LogP contribution in [0.4, 0.5) is 0 Å². The molecule has 1 atom stereocenters. The first kappa shape index (κ1) is 13.2. The van der Waals surface area contributed by atoms with Crippen LogP contribution in [0.15, 0.2) is 29.8 Å². The normalized spacial score (nSPS) is 18.1. The Morgan fingerprint density at radius 1 is 1.44 bits per heavy atom. The van der Waals surface area contributed by atoms with Crippen LogP contribution in [0, 0.1) is 0 Å². The number of fused-ring (bicyclic) bond motifs is 1. The summed E-state index contributed by atoms with van der Waals surface area (Å²) in [7, 11) is 1.73. The third kappa shape index (κ3) is 3.14. The number of allylic oxidation sites excluding steroid dienone is 1. The number of rotatable bonds is 4. The minimum Gasteiger partial charge on any atom is -0.497 e. The number of hydrogen-bond acceptors (Lipinski definition) is 2. The van der Waals surface area contributed by atoms with Crippen LogP contribution in [0.3, 0.4) is 0 Å². The van der Waals surface area contributed by atoms with Gasteiger partial charge in [-0.05, 0) is 56.4 Å². The largest absolute Gasteiger partial charge is 0.497 e. The molecule has 2 heteroatoms. The fraction of sp³-hybridized carbons (Fsp3) is 0.500. The van der Waals surface area contributed by atoms with E-state index in [0.717, 1.165) is 12.3 Å². The van der Waals surface area contributed by atoms with Gasteiger partial charge in [-0.3, -0.25) is 0 Å². The van der Waals surface area contributed by atoms with Crippen molar-refractivity contribution in [1.29, 1.82) is 0 Å². The maximum atomic E-state index is 5.30. The molecule has 0 aliphatic heterocycles. The zero-order chi connectivity index (χ0) is 13.0. The van der Waals surface area contributed by atoms with E-state index in [2.05, 4.69) is 43.4 Å². The fourth-order valence-electron chi connectivity index (χ4n) is 2.54. The SMILES string of the molecule is COc1ccc2c(c1)CCCC2NCC=C(C)C. The summed E-state index contributed by atoms with van der Waals surface area (Å²) in [5, 5.41) is 3.63. The molecule has 0 spiro atoms. The Balaban J connectivity index is 2.10. The molecule has 2 nitrogen and oxygen atoms in total. The summed E-state index contributed by atoms with van der Waals surface area (Å²) in [6.07, 6.45) is 5.91. The molecule has 2 rings (SSSR count). The van der Waals surface area contributed by atoms with Gasteiger partial charge in [-0.15, -0.1) is 0 Å². The highest BCUT2D eigenvalue weighted by Gasteiger charge is 2.19. The number of nitrogens with one attached hydrogen (secondary N) is 1. The van der Waals surface area contributed by atoms with Crippen molar-refractivity contribution in [3.05, 3.63) is 41.0 Å². The summed E-state index contributed by atoms with van der Waals surface area (Å²) in [5.74, 6) is 0.971. The Labute approximate surface area is 110 Å². The summed E-state index contributed by atoms with van der Waals surface area (Å²) >= 11 is 0. The van der Waals surface area contributed by atoms with Crippen LogP contribution in [0.25, 0.3) is 0 Å². The smallest absolute Gasteiger partial charge is 0.119 e. The highest BCUT2D eigenvalue weighted by molar-refractivity contribution is 5.39. The summed E-state index contributed by atoms with van der Waals surface area (Å²) in [6, 6.07) is 6.97. The van der Waals surface area contributed by atoms with Crippen molar-refractivity contribution >= 4 is 0 Å². The Morgan fingerprint density at radius 2 is 2.28 bits per heavy atom. The van der Waals surface area contributed by atoms with E-state index in [1.807, 2.05) is 0 Å². The minimum absolute atomic E-state index is 0.496. The standard InChI is InChI=1S/C16H23NO/c1-12(2)9-10-17-16-6-4-5-13-11-14(18-3)7-8-15(13)16/h7-9,11,16-17H,4-6,10H2,1-3H3. The van der Waals surface area contributed by atoms with E-state index in [1.54, 1.807) is 7.11 Å². The molecule has 0 bridgehead atoms. The number of hydrogen-bond donors (Lipinski definition) is 1. The predicted molar refractivity (Wildman–Crippen MR) is 76.1 cm³/mol. The van der Waals surface area contributed by atoms with Crippen molar-refractivity contribution in [2.75, 3.05) is 13.7 Å². The average molecular weight is 245 g/mol. The maximum absolute atomic E-state index is 5.30. The molecular weight excluding hydrogens is 222 g/mol. The van der Waals surface area contributed by atoms with Gasteiger partial charge in [0.2, 0.25) is 0 Å². The monoisotopic (exact) mass is 245 g/mol. The van der Waals surface area contributed by atoms with Crippen LogP contribution in [0.5, 0.6) is 5.75 Å². The van der Waals surface area contributed by atoms with Crippen LogP contribution in [-0.4, -0.2) is 13.7 Å². The van der Waals surface area contributed by atoms with E-state index in [-0.39, 0.29) is 0 Å². The topological polar surface area (TPSA) is 21.3 Å². The summed E-state index contributed by atoms with van der Waals surface area (Å²) in [6.45, 7) is 5.24. The second-order valence-electron chi connectivity index (χ2n) is 5.20. The molecule has 1 aromatic carbocycles. The molecule has 1 N–H and O–H groups in total. The van der Waals surface area contributed by atoms with Crippen LogP contribution in [0.2, 0.25) is 0 Å². The molecular formula is C16H23NO. The number of ether oxygens (including phenoxy) is 1. The van der Waals surface area contributed by atoms with E-state index in [0.29, 0.717) is 6.04 Å². The maximum Gasteiger partial charge on any atom is 0.119 e. The van der Waals surface area contributed by atoms with Crippen molar-refractivity contribution < 1.29 is 4.74 Å². The van der Waals surface area contributed by atoms with Crippen molar-refractivity contribution in [1.82, 2.24) is 5.32 Å². The quantitative estimate of drug-likeness (QED) is 0.818. The molecule has 0 saturated carbocycles. The van der Waals surface area contributed by atoms with E-state index < -0.39 is 0 Å². The van der Waals surface area contributed by atoms with Crippen LogP contribution >= 0.6 is 0 Å². The van der Waals surface area contributed by atoms with E-state index in [9.17, 15) is 0 Å². The Morgan fingerprint density at radius 3 is 3.00 bits per heavy atom. The van der Waals surface area contributed by atoms with Crippen molar-refractivity contribution in [2.24, 2.45) is 0 Å². The number of methoxy groups -OCH3 is 1. The molecule has 0 saturated heterocycles. The second kappa shape index (κ2) is 6.05. The summed E-state index contributed by atoms with van der Waals surface area (Å²) < 4.78 is 5.30. The summed E-state index contributed by atoms with van der Waals surface area (Å²) in [4.78, 5) is 0. The third-order valence-electron chi connectivity index (χ3n) is 3.54. The van der Waals surface area contributed by atoms with Gasteiger partial charge in [0.15, 0.2) is 0 Å². The molecule has 0 aromatic heterocycles. The zero-order valence-corrected chi connectivity index (χ0v) is 11.6. The summed E-state index contributed by atoms with van der Waals surface area (Å²) in [5.41, 5.74) is 4.26. The lowest BCUT2D eigenvalue weighted by Crippen LogP contribution is -2.25. The van der Waals surface area contributed by atoms with Gasteiger partial charge in [-0.25, -0.2) is 0 Å². The Kier molecular flexibility index (Phi) is 4.43. The van der Waals surface area contributed by atoms with Gasteiger partial charge in [0.05, 0.1) is 7.11 Å². The van der Waals surface area contributed by atoms with Crippen LogP contribution in [0.1, 0.15) is 43.9 Å². The lowest BCUT2D eigenvalue weighted by Gasteiger charge is -2.26. The van der Waals surface area contributed by atoms with Crippen molar-refractivity contribution in [3.8, 4) is 5.75 Å². The lowest BCUT2D eigenvalue weighted by atomic mass is 9.87. The van der Waals surface area contributed by atoms with Gasteiger partial charge in [-0.2, -0.15) is 0 Å². The predicted octanol–water partition coefficient (Wildman–Crippen LogP) is 3.63. The van der Waals surface area contributed by atoms with Crippen molar-refractivity contribution in [2.45, 2.75) is 39.2 Å². The fourth-order valence-corrected chi connectivity index (χ4v) is 2.54. The molecule has 1 aliphatic rings. The number of benzene rings is 1. The molecule has 0 heterocycles. The van der Waals surface area contributed by atoms with E-state index >= 15 is 0 Å². The highest BCUT2D eigenvalue weighted by atomic mass is 16.5. The van der Waals surface area contributed by atoms with Crippen LogP contribution in [-0.2, 0) is 6.42 Å². The molecule has 18 heavy (non-hydrogen) atoms. The Hall–Kier alpha value is -1.28. The first-order chi connectivity index (χ1) is 8.70. The molecule has 1 unspecified atom stereocenters. The minimum atomic E-state index is 0.496. The molecule has 1 aromatic rings. The first-order valence-corrected chi connectivity index (χ1v) is 6.74. The highest BCUT2D eigenvalue weighted by Crippen LogP contribution is 2.31. The van der Waals surface area contributed by atoms with E-state index in [1.165, 1.54) is 36.0 Å². The van der Waals surface area contributed by atoms with E-state index in [4.69, 9.17) is 4.74 Å². The number of aryl methyl sites for hydroxylation is 1. The lowest BCUT2D eigenvalue weighted by molar-refractivity contribution is 0.411. The third-order valence-corrected chi connectivity index (χ3v) is 3.54. The van der Waals surface area contributed by atoms with Gasteiger partial charge >= 0.3 is 0 Å². The van der Waals surface area contributed by atoms with Gasteiger partial charge < -0.3 is 10.1 Å².